The topological polar surface area (TPSA) is 119 Å². The summed E-state index contributed by atoms with van der Waals surface area (Å²) in [5.74, 6) is 0. The van der Waals surface area contributed by atoms with Gasteiger partial charge in [0.25, 0.3) is 0 Å². The van der Waals surface area contributed by atoms with Crippen LogP contribution in [0, 0.1) is 0 Å². The third kappa shape index (κ3) is 13.7. The largest absolute Gasteiger partial charge is 0.394 e. The van der Waals surface area contributed by atoms with Crippen molar-refractivity contribution in [3.05, 3.63) is 10.4 Å². The highest BCUT2D eigenvalue weighted by molar-refractivity contribution is 4.46. The van der Waals surface area contributed by atoms with Crippen LogP contribution < -0.4 is 0 Å². The number of aliphatic hydroxyl groups excluding tert-OH is 3. The summed E-state index contributed by atoms with van der Waals surface area (Å²) in [6.07, 6.45) is -1.28. The molecule has 0 saturated carbocycles. The van der Waals surface area contributed by atoms with Crippen molar-refractivity contribution in [2.24, 2.45) is 5.11 Å². The Morgan fingerprint density at radius 2 is 1.93 bits per heavy atom. The number of hydrogen-bond acceptors (Lipinski definition) is 5. The van der Waals surface area contributed by atoms with Gasteiger partial charge in [-0.1, -0.05) is 5.11 Å². The molecule has 0 heterocycles. The van der Waals surface area contributed by atoms with Gasteiger partial charge in [0.1, 0.15) is 12.3 Å². The van der Waals surface area contributed by atoms with Crippen LogP contribution in [0.25, 0.3) is 10.4 Å². The van der Waals surface area contributed by atoms with Crippen LogP contribution in [0.3, 0.4) is 0 Å². The SMILES string of the molecule is CCOC(C)N=[N+]=[N-].OCC(O)CO. The van der Waals surface area contributed by atoms with Gasteiger partial charge in [0.15, 0.2) is 0 Å². The van der Waals surface area contributed by atoms with Crippen molar-refractivity contribution in [3.8, 4) is 0 Å². The van der Waals surface area contributed by atoms with Crippen LogP contribution in [0.15, 0.2) is 5.11 Å². The van der Waals surface area contributed by atoms with E-state index in [1.165, 1.54) is 0 Å². The second-order valence-corrected chi connectivity index (χ2v) is 2.28. The van der Waals surface area contributed by atoms with Crippen LogP contribution >= 0.6 is 0 Å². The highest BCUT2D eigenvalue weighted by atomic mass is 16.5. The fourth-order valence-electron chi connectivity index (χ4n) is 0.405. The van der Waals surface area contributed by atoms with E-state index in [0.29, 0.717) is 6.61 Å². The molecule has 84 valence electrons. The lowest BCUT2D eigenvalue weighted by molar-refractivity contribution is 0.0450. The van der Waals surface area contributed by atoms with E-state index in [4.69, 9.17) is 25.6 Å². The molecular formula is C7H17N3O4. The predicted molar refractivity (Wildman–Crippen MR) is 50.4 cm³/mol. The predicted octanol–water partition coefficient (Wildman–Crippen LogP) is 0.0111. The zero-order valence-corrected chi connectivity index (χ0v) is 8.37. The third-order valence-electron chi connectivity index (χ3n) is 1.04. The highest BCUT2D eigenvalue weighted by Gasteiger charge is 1.93. The number of ether oxygens (including phenoxy) is 1. The van der Waals surface area contributed by atoms with Gasteiger partial charge in [-0.25, -0.2) is 0 Å². The van der Waals surface area contributed by atoms with Crippen molar-refractivity contribution in [1.29, 1.82) is 0 Å². The Balaban J connectivity index is 0. The first-order chi connectivity index (χ1) is 6.62. The fraction of sp³-hybridized carbons (Fsp3) is 1.00. The van der Waals surface area contributed by atoms with E-state index < -0.39 is 6.10 Å². The number of rotatable bonds is 5. The molecule has 0 saturated heterocycles. The molecule has 0 radical (unpaired) electrons. The van der Waals surface area contributed by atoms with Crippen molar-refractivity contribution < 1.29 is 20.1 Å². The Hall–Kier alpha value is -0.850. The summed E-state index contributed by atoms with van der Waals surface area (Å²) in [6.45, 7) is 3.40. The Morgan fingerprint density at radius 3 is 2.14 bits per heavy atom. The number of azide groups is 1. The molecule has 0 amide bonds. The van der Waals surface area contributed by atoms with Crippen molar-refractivity contribution in [2.45, 2.75) is 26.2 Å². The van der Waals surface area contributed by atoms with Gasteiger partial charge in [-0.05, 0) is 19.4 Å². The highest BCUT2D eigenvalue weighted by Crippen LogP contribution is 1.90. The van der Waals surface area contributed by atoms with Crippen molar-refractivity contribution in [1.82, 2.24) is 0 Å². The third-order valence-corrected chi connectivity index (χ3v) is 1.04. The standard InChI is InChI=1S/C4H9N3O.C3H8O3/c1-3-8-4(2)6-7-5;4-1-3(6)2-5/h4H,3H2,1-2H3;3-6H,1-2H2. The lowest BCUT2D eigenvalue weighted by Crippen LogP contribution is -2.15. The summed E-state index contributed by atoms with van der Waals surface area (Å²) in [5, 5.41) is 27.3. The molecular weight excluding hydrogens is 190 g/mol. The average molecular weight is 207 g/mol. The van der Waals surface area contributed by atoms with E-state index in [0.717, 1.165) is 0 Å². The second-order valence-electron chi connectivity index (χ2n) is 2.28. The molecule has 7 heteroatoms. The monoisotopic (exact) mass is 207 g/mol. The quantitative estimate of drug-likeness (QED) is 0.334. The summed E-state index contributed by atoms with van der Waals surface area (Å²) >= 11 is 0. The maximum Gasteiger partial charge on any atom is 0.133 e. The maximum atomic E-state index is 8.17. The van der Waals surface area contributed by atoms with Gasteiger partial charge in [0.05, 0.1) is 13.2 Å². The van der Waals surface area contributed by atoms with E-state index >= 15 is 0 Å². The smallest absolute Gasteiger partial charge is 0.133 e. The summed E-state index contributed by atoms with van der Waals surface area (Å²) in [4.78, 5) is 2.55. The normalized spacial score (nSPS) is 11.3. The van der Waals surface area contributed by atoms with Gasteiger partial charge in [-0.2, -0.15) is 0 Å². The Bertz CT molecular complexity index is 157. The van der Waals surface area contributed by atoms with Gasteiger partial charge in [0.2, 0.25) is 0 Å². The molecule has 3 N–H and O–H groups in total. The van der Waals surface area contributed by atoms with Crippen molar-refractivity contribution in [3.63, 3.8) is 0 Å². The van der Waals surface area contributed by atoms with E-state index in [-0.39, 0.29) is 19.4 Å². The lowest BCUT2D eigenvalue weighted by Gasteiger charge is -2.00. The van der Waals surface area contributed by atoms with Crippen LogP contribution in [0.5, 0.6) is 0 Å². The van der Waals surface area contributed by atoms with Crippen LogP contribution in [-0.4, -0.2) is 47.5 Å². The maximum absolute atomic E-state index is 8.17. The first kappa shape index (κ1) is 15.6. The molecule has 1 unspecified atom stereocenters. The van der Waals surface area contributed by atoms with Crippen LogP contribution in [0.1, 0.15) is 13.8 Å². The summed E-state index contributed by atoms with van der Waals surface area (Å²) in [6, 6.07) is 0. The molecule has 7 nitrogen and oxygen atoms in total. The Morgan fingerprint density at radius 1 is 1.43 bits per heavy atom. The molecule has 0 spiro atoms. The van der Waals surface area contributed by atoms with Gasteiger partial charge in [-0.3, -0.25) is 0 Å². The minimum atomic E-state index is -0.954. The van der Waals surface area contributed by atoms with E-state index in [9.17, 15) is 0 Å². The summed E-state index contributed by atoms with van der Waals surface area (Å²) < 4.78 is 4.86. The summed E-state index contributed by atoms with van der Waals surface area (Å²) in [5.41, 5.74) is 7.84. The van der Waals surface area contributed by atoms with E-state index in [1.54, 1.807) is 6.92 Å². The van der Waals surface area contributed by atoms with E-state index in [2.05, 4.69) is 10.0 Å². The molecule has 0 aromatic rings. The minimum absolute atomic E-state index is 0.329. The molecule has 0 aromatic heterocycles. The van der Waals surface area contributed by atoms with Gasteiger partial charge < -0.3 is 20.1 Å². The van der Waals surface area contributed by atoms with Crippen molar-refractivity contribution >= 4 is 0 Å². The molecule has 0 aliphatic carbocycles. The van der Waals surface area contributed by atoms with Crippen LogP contribution in [0.2, 0.25) is 0 Å². The fourth-order valence-corrected chi connectivity index (χ4v) is 0.405. The molecule has 0 rings (SSSR count). The molecule has 0 fully saturated rings. The van der Waals surface area contributed by atoms with E-state index in [1.807, 2.05) is 6.92 Å². The first-order valence-corrected chi connectivity index (χ1v) is 4.17. The van der Waals surface area contributed by atoms with Gasteiger partial charge >= 0.3 is 0 Å². The lowest BCUT2D eigenvalue weighted by atomic mass is 10.4. The Kier molecular flexibility index (Phi) is 13.6. The van der Waals surface area contributed by atoms with Crippen molar-refractivity contribution in [2.75, 3.05) is 19.8 Å². The molecule has 0 aliphatic rings. The average Bonchev–Trinajstić information content (AvgIpc) is 2.18. The second kappa shape index (κ2) is 12.2. The molecule has 0 aliphatic heterocycles. The molecule has 0 bridgehead atoms. The number of aliphatic hydroxyl groups is 3. The number of hydrogen-bond donors (Lipinski definition) is 3. The molecule has 1 atom stereocenters. The van der Waals surface area contributed by atoms with Crippen LogP contribution in [-0.2, 0) is 4.74 Å². The van der Waals surface area contributed by atoms with Gasteiger partial charge in [-0.15, -0.1) is 0 Å². The minimum Gasteiger partial charge on any atom is -0.394 e. The number of nitrogens with zero attached hydrogens (tertiary/aromatic N) is 3. The zero-order valence-electron chi connectivity index (χ0n) is 8.37. The first-order valence-electron chi connectivity index (χ1n) is 4.17. The Labute approximate surface area is 82.6 Å². The molecule has 0 aromatic carbocycles. The van der Waals surface area contributed by atoms with Gasteiger partial charge in [0, 0.05) is 11.5 Å². The molecule has 14 heavy (non-hydrogen) atoms. The van der Waals surface area contributed by atoms with Crippen LogP contribution in [0.4, 0.5) is 0 Å². The zero-order chi connectivity index (χ0) is 11.4. The summed E-state index contributed by atoms with van der Waals surface area (Å²) in [7, 11) is 0.